The van der Waals surface area contributed by atoms with E-state index in [1.54, 1.807) is 20.8 Å². The van der Waals surface area contributed by atoms with Crippen LogP contribution in [0.1, 0.15) is 37.9 Å². The van der Waals surface area contributed by atoms with Crippen LogP contribution in [0.25, 0.3) is 0 Å². The van der Waals surface area contributed by atoms with Crippen molar-refractivity contribution in [2.45, 2.75) is 38.6 Å². The fourth-order valence-electron chi connectivity index (χ4n) is 1.82. The second-order valence-corrected chi connectivity index (χ2v) is 5.94. The topological polar surface area (TPSA) is 73.6 Å². The smallest absolute Gasteiger partial charge is 0.416 e. The van der Waals surface area contributed by atoms with Crippen molar-refractivity contribution in [1.29, 1.82) is 0 Å². The molecule has 5 nitrogen and oxygen atoms in total. The van der Waals surface area contributed by atoms with Crippen molar-refractivity contribution in [3.63, 3.8) is 0 Å². The Balaban J connectivity index is 2.86. The van der Waals surface area contributed by atoms with E-state index in [2.05, 4.69) is 5.32 Å². The van der Waals surface area contributed by atoms with Gasteiger partial charge in [-0.05, 0) is 39.0 Å². The van der Waals surface area contributed by atoms with E-state index in [-0.39, 0.29) is 17.9 Å². The maximum absolute atomic E-state index is 12.8. The molecule has 0 bridgehead atoms. The minimum Gasteiger partial charge on any atom is -0.496 e. The molecule has 1 amide bonds. The molecule has 23 heavy (non-hydrogen) atoms. The number of alkyl halides is 3. The van der Waals surface area contributed by atoms with Crippen molar-refractivity contribution < 1.29 is 27.4 Å². The summed E-state index contributed by atoms with van der Waals surface area (Å²) in [5, 5.41) is 2.42. The SMILES string of the molecule is COc1ccc(C(F)(F)F)cc1C(N)CNC(=O)OC(C)(C)C. The summed E-state index contributed by atoms with van der Waals surface area (Å²) in [6.45, 7) is 5.00. The molecule has 0 spiro atoms. The number of carbonyl (C=O) groups is 1. The third kappa shape index (κ3) is 5.97. The molecular formula is C15H21F3N2O3. The van der Waals surface area contributed by atoms with Crippen LogP contribution in [0.4, 0.5) is 18.0 Å². The van der Waals surface area contributed by atoms with Crippen molar-refractivity contribution in [3.05, 3.63) is 29.3 Å². The van der Waals surface area contributed by atoms with Crippen LogP contribution in [0.15, 0.2) is 18.2 Å². The Kier molecular flexibility index (Phi) is 5.87. The number of hydrogen-bond donors (Lipinski definition) is 2. The summed E-state index contributed by atoms with van der Waals surface area (Å²) in [7, 11) is 1.33. The van der Waals surface area contributed by atoms with Crippen LogP contribution in [0, 0.1) is 0 Å². The van der Waals surface area contributed by atoms with E-state index in [1.807, 2.05) is 0 Å². The van der Waals surface area contributed by atoms with Gasteiger partial charge in [-0.2, -0.15) is 13.2 Å². The van der Waals surface area contributed by atoms with Gasteiger partial charge in [0, 0.05) is 12.1 Å². The van der Waals surface area contributed by atoms with Crippen LogP contribution in [0.3, 0.4) is 0 Å². The summed E-state index contributed by atoms with van der Waals surface area (Å²) in [6.07, 6.45) is -5.18. The Labute approximate surface area is 132 Å². The predicted molar refractivity (Wildman–Crippen MR) is 79.2 cm³/mol. The fraction of sp³-hybridized carbons (Fsp3) is 0.533. The number of halogens is 3. The number of methoxy groups -OCH3 is 1. The monoisotopic (exact) mass is 334 g/mol. The Morgan fingerprint density at radius 3 is 2.39 bits per heavy atom. The Hall–Kier alpha value is -1.96. The van der Waals surface area contributed by atoms with Gasteiger partial charge in [-0.1, -0.05) is 0 Å². The molecule has 0 radical (unpaired) electrons. The first-order chi connectivity index (χ1) is 10.4. The van der Waals surface area contributed by atoms with E-state index in [9.17, 15) is 18.0 Å². The van der Waals surface area contributed by atoms with E-state index < -0.39 is 29.5 Å². The maximum atomic E-state index is 12.8. The van der Waals surface area contributed by atoms with Gasteiger partial charge in [-0.3, -0.25) is 0 Å². The lowest BCUT2D eigenvalue weighted by atomic mass is 10.0. The van der Waals surface area contributed by atoms with Crippen molar-refractivity contribution in [2.75, 3.05) is 13.7 Å². The lowest BCUT2D eigenvalue weighted by Crippen LogP contribution is -2.36. The lowest BCUT2D eigenvalue weighted by Gasteiger charge is -2.22. The average molecular weight is 334 g/mol. The van der Waals surface area contributed by atoms with Crippen LogP contribution in [0.2, 0.25) is 0 Å². The largest absolute Gasteiger partial charge is 0.496 e. The number of hydrogen-bond acceptors (Lipinski definition) is 4. The number of alkyl carbamates (subject to hydrolysis) is 1. The summed E-state index contributed by atoms with van der Waals surface area (Å²) in [5.74, 6) is 0.219. The molecule has 0 aliphatic heterocycles. The highest BCUT2D eigenvalue weighted by atomic mass is 19.4. The highest BCUT2D eigenvalue weighted by molar-refractivity contribution is 5.67. The summed E-state index contributed by atoms with van der Waals surface area (Å²) in [4.78, 5) is 11.6. The molecular weight excluding hydrogens is 313 g/mol. The third-order valence-electron chi connectivity index (χ3n) is 2.82. The predicted octanol–water partition coefficient (Wildman–Crippen LogP) is 3.24. The summed E-state index contributed by atoms with van der Waals surface area (Å²) in [5.41, 5.74) is 4.52. The quantitative estimate of drug-likeness (QED) is 0.886. The van der Waals surface area contributed by atoms with Crippen LogP contribution in [-0.2, 0) is 10.9 Å². The normalized spacial score (nSPS) is 13.4. The molecule has 1 unspecified atom stereocenters. The minimum atomic E-state index is -4.49. The first-order valence-electron chi connectivity index (χ1n) is 6.91. The van der Waals surface area contributed by atoms with Crippen molar-refractivity contribution in [1.82, 2.24) is 5.32 Å². The van der Waals surface area contributed by atoms with Gasteiger partial charge in [0.1, 0.15) is 11.4 Å². The first-order valence-corrected chi connectivity index (χ1v) is 6.91. The number of rotatable bonds is 4. The minimum absolute atomic E-state index is 0.0907. The average Bonchev–Trinajstić information content (AvgIpc) is 2.41. The Morgan fingerprint density at radius 1 is 1.30 bits per heavy atom. The highest BCUT2D eigenvalue weighted by Gasteiger charge is 2.32. The molecule has 130 valence electrons. The second kappa shape index (κ2) is 7.08. The zero-order valence-corrected chi connectivity index (χ0v) is 13.5. The molecule has 1 aromatic rings. The summed E-state index contributed by atoms with van der Waals surface area (Å²) < 4.78 is 48.5. The van der Waals surface area contributed by atoms with E-state index in [4.69, 9.17) is 15.2 Å². The lowest BCUT2D eigenvalue weighted by molar-refractivity contribution is -0.137. The maximum Gasteiger partial charge on any atom is 0.416 e. The van der Waals surface area contributed by atoms with Gasteiger partial charge in [0.05, 0.1) is 18.7 Å². The molecule has 1 atom stereocenters. The number of carbonyl (C=O) groups excluding carboxylic acids is 1. The van der Waals surface area contributed by atoms with Crippen molar-refractivity contribution in [2.24, 2.45) is 5.73 Å². The number of amides is 1. The second-order valence-electron chi connectivity index (χ2n) is 5.94. The number of nitrogens with two attached hydrogens (primary N) is 1. The van der Waals surface area contributed by atoms with E-state index in [0.717, 1.165) is 12.1 Å². The van der Waals surface area contributed by atoms with Crippen molar-refractivity contribution in [3.8, 4) is 5.75 Å². The third-order valence-corrected chi connectivity index (χ3v) is 2.82. The standard InChI is InChI=1S/C15H21F3N2O3/c1-14(2,3)23-13(21)20-8-11(19)10-7-9(15(16,17)18)5-6-12(10)22-4/h5-7,11H,8,19H2,1-4H3,(H,20,21). The molecule has 0 aliphatic carbocycles. The summed E-state index contributed by atoms with van der Waals surface area (Å²) >= 11 is 0. The van der Waals surface area contributed by atoms with Gasteiger partial charge in [-0.15, -0.1) is 0 Å². The first kappa shape index (κ1) is 19.1. The molecule has 3 N–H and O–H groups in total. The highest BCUT2D eigenvalue weighted by Crippen LogP contribution is 2.34. The molecule has 0 saturated heterocycles. The van der Waals surface area contributed by atoms with Gasteiger partial charge in [0.15, 0.2) is 0 Å². The van der Waals surface area contributed by atoms with Gasteiger partial charge < -0.3 is 20.5 Å². The molecule has 1 rings (SSSR count). The van der Waals surface area contributed by atoms with Gasteiger partial charge in [-0.25, -0.2) is 4.79 Å². The molecule has 0 fully saturated rings. The van der Waals surface area contributed by atoms with Crippen LogP contribution in [0.5, 0.6) is 5.75 Å². The molecule has 8 heteroatoms. The van der Waals surface area contributed by atoms with Crippen LogP contribution >= 0.6 is 0 Å². The Bertz CT molecular complexity index is 554. The summed E-state index contributed by atoms with van der Waals surface area (Å²) in [6, 6.07) is 2.15. The molecule has 0 saturated carbocycles. The molecule has 0 aromatic heterocycles. The number of nitrogens with one attached hydrogen (secondary N) is 1. The zero-order valence-electron chi connectivity index (χ0n) is 13.5. The van der Waals surface area contributed by atoms with Crippen LogP contribution in [-0.4, -0.2) is 25.3 Å². The fourth-order valence-corrected chi connectivity index (χ4v) is 1.82. The Morgan fingerprint density at radius 2 is 1.91 bits per heavy atom. The van der Waals surface area contributed by atoms with Gasteiger partial charge in [0.25, 0.3) is 0 Å². The number of benzene rings is 1. The van der Waals surface area contributed by atoms with Crippen molar-refractivity contribution >= 4 is 6.09 Å². The van der Waals surface area contributed by atoms with E-state index in [0.29, 0.717) is 0 Å². The van der Waals surface area contributed by atoms with Crippen LogP contribution < -0.4 is 15.8 Å². The molecule has 0 aliphatic rings. The van der Waals surface area contributed by atoms with E-state index >= 15 is 0 Å². The zero-order chi connectivity index (χ0) is 17.8. The van der Waals surface area contributed by atoms with E-state index in [1.165, 1.54) is 13.2 Å². The molecule has 0 heterocycles. The van der Waals surface area contributed by atoms with Gasteiger partial charge >= 0.3 is 12.3 Å². The molecule has 1 aromatic carbocycles. The van der Waals surface area contributed by atoms with Gasteiger partial charge in [0.2, 0.25) is 0 Å². The number of ether oxygens (including phenoxy) is 2.